The molecule has 0 saturated heterocycles. The van der Waals surface area contributed by atoms with E-state index in [1.54, 1.807) is 30.3 Å². The third-order valence-corrected chi connectivity index (χ3v) is 9.57. The standard InChI is InChI=1S/C42H62N6O9/c1-29(49)38(41(55)47-32(39(43)53)26-30-20-14-12-15-21-30)48-36(51)25-19-11-9-7-5-3-2-4-6-8-10-18-24-35(50)45-33(40(44)54)28-37(52)46-34(42(56)57)27-31-22-16-13-17-23-31/h12-17,20-23,29,32-34,38,49H,2-11,18-19,24-28H2,1H3,(H2,43,53)(H2,44,54)(H,45,50)(H,46,52)(H,47,55)(H,48,51)(H,56,57)/t29?,32-,33+,34-,38-/m0/s1. The molecule has 0 heterocycles. The highest BCUT2D eigenvalue weighted by atomic mass is 16.4. The molecule has 314 valence electrons. The molecular formula is C42H62N6O9. The molecule has 0 fully saturated rings. The van der Waals surface area contributed by atoms with Crippen LogP contribution in [0, 0.1) is 0 Å². The number of carboxylic acids is 1. The summed E-state index contributed by atoms with van der Waals surface area (Å²) in [5.74, 6) is -4.93. The molecule has 0 radical (unpaired) electrons. The quantitative estimate of drug-likeness (QED) is 0.0540. The summed E-state index contributed by atoms with van der Waals surface area (Å²) >= 11 is 0. The van der Waals surface area contributed by atoms with Crippen molar-refractivity contribution in [2.75, 3.05) is 0 Å². The topological polar surface area (TPSA) is 260 Å². The number of carboxylic acid groups (broad SMARTS) is 1. The number of nitrogens with two attached hydrogens (primary N) is 2. The molecule has 2 rings (SSSR count). The Balaban J connectivity index is 1.51. The molecule has 2 aromatic carbocycles. The maximum absolute atomic E-state index is 12.8. The van der Waals surface area contributed by atoms with Gasteiger partial charge in [-0.15, -0.1) is 0 Å². The zero-order chi connectivity index (χ0) is 42.0. The molecule has 15 nitrogen and oxygen atoms in total. The van der Waals surface area contributed by atoms with E-state index in [1.807, 2.05) is 30.3 Å². The minimum absolute atomic E-state index is 0.0680. The van der Waals surface area contributed by atoms with E-state index in [4.69, 9.17) is 11.5 Å². The van der Waals surface area contributed by atoms with Crippen LogP contribution in [0.15, 0.2) is 60.7 Å². The van der Waals surface area contributed by atoms with E-state index in [-0.39, 0.29) is 31.6 Å². The SMILES string of the molecule is CC(O)[C@H](NC(=O)CCCCCCCCCCCCCCC(=O)N[C@H](CC(=O)N[C@@H](Cc1ccccc1)C(=O)O)C(N)=O)C(=O)N[C@@H](Cc1ccccc1)C(N)=O. The number of aliphatic hydroxyl groups is 1. The van der Waals surface area contributed by atoms with E-state index >= 15 is 0 Å². The Morgan fingerprint density at radius 3 is 1.32 bits per heavy atom. The number of benzene rings is 2. The van der Waals surface area contributed by atoms with Gasteiger partial charge in [-0.1, -0.05) is 125 Å². The van der Waals surface area contributed by atoms with Crippen LogP contribution in [-0.4, -0.2) is 81.9 Å². The van der Waals surface area contributed by atoms with Crippen LogP contribution in [0.25, 0.3) is 0 Å². The van der Waals surface area contributed by atoms with Crippen molar-refractivity contribution < 1.29 is 43.8 Å². The van der Waals surface area contributed by atoms with Crippen molar-refractivity contribution in [3.05, 3.63) is 71.8 Å². The molecular weight excluding hydrogens is 732 g/mol. The van der Waals surface area contributed by atoms with E-state index in [2.05, 4.69) is 21.3 Å². The van der Waals surface area contributed by atoms with Crippen LogP contribution in [0.1, 0.15) is 114 Å². The number of rotatable bonds is 30. The molecule has 15 heteroatoms. The molecule has 0 aliphatic heterocycles. The number of hydrogen-bond acceptors (Lipinski definition) is 8. The fourth-order valence-corrected chi connectivity index (χ4v) is 6.30. The van der Waals surface area contributed by atoms with Crippen molar-refractivity contribution in [2.45, 2.75) is 146 Å². The van der Waals surface area contributed by atoms with Gasteiger partial charge < -0.3 is 42.9 Å². The molecule has 0 saturated carbocycles. The molecule has 5 atom stereocenters. The molecule has 2 aromatic rings. The monoisotopic (exact) mass is 794 g/mol. The third-order valence-electron chi connectivity index (χ3n) is 9.57. The van der Waals surface area contributed by atoms with Crippen LogP contribution >= 0.6 is 0 Å². The van der Waals surface area contributed by atoms with Gasteiger partial charge in [0.25, 0.3) is 0 Å². The van der Waals surface area contributed by atoms with Crippen LogP contribution < -0.4 is 32.7 Å². The predicted octanol–water partition coefficient (Wildman–Crippen LogP) is 2.70. The van der Waals surface area contributed by atoms with Crippen LogP contribution in [0.5, 0.6) is 0 Å². The average molecular weight is 795 g/mol. The minimum Gasteiger partial charge on any atom is -0.480 e. The molecule has 0 aliphatic carbocycles. The first-order valence-corrected chi connectivity index (χ1v) is 20.0. The second-order valence-corrected chi connectivity index (χ2v) is 14.6. The van der Waals surface area contributed by atoms with Gasteiger partial charge in [-0.2, -0.15) is 0 Å². The number of carbonyl (C=O) groups is 7. The number of aliphatic carboxylic acids is 1. The second-order valence-electron chi connectivity index (χ2n) is 14.6. The lowest BCUT2D eigenvalue weighted by Gasteiger charge is -2.24. The maximum Gasteiger partial charge on any atom is 0.326 e. The Hall–Kier alpha value is -5.31. The van der Waals surface area contributed by atoms with Crippen LogP contribution in [-0.2, 0) is 46.4 Å². The summed E-state index contributed by atoms with van der Waals surface area (Å²) in [6.07, 6.45) is 10.4. The van der Waals surface area contributed by atoms with Crippen molar-refractivity contribution in [3.8, 4) is 0 Å². The molecule has 6 amide bonds. The smallest absolute Gasteiger partial charge is 0.326 e. The summed E-state index contributed by atoms with van der Waals surface area (Å²) in [5.41, 5.74) is 12.4. The van der Waals surface area contributed by atoms with Gasteiger partial charge in [-0.3, -0.25) is 28.8 Å². The van der Waals surface area contributed by atoms with E-state index < -0.39 is 72.2 Å². The molecule has 0 aromatic heterocycles. The van der Waals surface area contributed by atoms with E-state index in [0.29, 0.717) is 12.8 Å². The predicted molar refractivity (Wildman–Crippen MR) is 215 cm³/mol. The van der Waals surface area contributed by atoms with E-state index in [1.165, 1.54) is 6.92 Å². The van der Waals surface area contributed by atoms with Crippen molar-refractivity contribution in [1.29, 1.82) is 0 Å². The van der Waals surface area contributed by atoms with Crippen molar-refractivity contribution in [3.63, 3.8) is 0 Å². The Labute approximate surface area is 335 Å². The Bertz CT molecular complexity index is 1560. The van der Waals surface area contributed by atoms with Gasteiger partial charge in [0.05, 0.1) is 12.5 Å². The Morgan fingerprint density at radius 2 is 0.912 bits per heavy atom. The Morgan fingerprint density at radius 1 is 0.526 bits per heavy atom. The number of primary amides is 2. The molecule has 10 N–H and O–H groups in total. The number of nitrogens with one attached hydrogen (secondary N) is 4. The maximum atomic E-state index is 12.8. The lowest BCUT2D eigenvalue weighted by Crippen LogP contribution is -2.57. The summed E-state index contributed by atoms with van der Waals surface area (Å²) in [4.78, 5) is 85.9. The van der Waals surface area contributed by atoms with Crippen LogP contribution in [0.3, 0.4) is 0 Å². The van der Waals surface area contributed by atoms with Crippen molar-refractivity contribution >= 4 is 41.4 Å². The fraction of sp³-hybridized carbons (Fsp3) is 0.548. The molecule has 1 unspecified atom stereocenters. The highest BCUT2D eigenvalue weighted by Gasteiger charge is 2.29. The van der Waals surface area contributed by atoms with Gasteiger partial charge in [0.2, 0.25) is 35.4 Å². The van der Waals surface area contributed by atoms with Gasteiger partial charge in [0.15, 0.2) is 0 Å². The summed E-state index contributed by atoms with van der Waals surface area (Å²) < 4.78 is 0. The van der Waals surface area contributed by atoms with Gasteiger partial charge >= 0.3 is 5.97 Å². The van der Waals surface area contributed by atoms with Gasteiger partial charge in [-0.05, 0) is 30.9 Å². The summed E-state index contributed by atoms with van der Waals surface area (Å²) in [7, 11) is 0. The summed E-state index contributed by atoms with van der Waals surface area (Å²) in [6.45, 7) is 1.40. The second kappa shape index (κ2) is 27.3. The van der Waals surface area contributed by atoms with Gasteiger partial charge in [-0.25, -0.2) is 4.79 Å². The lowest BCUT2D eigenvalue weighted by molar-refractivity contribution is -0.142. The molecule has 0 bridgehead atoms. The zero-order valence-electron chi connectivity index (χ0n) is 33.1. The summed E-state index contributed by atoms with van der Waals surface area (Å²) in [6, 6.07) is 13.3. The molecule has 57 heavy (non-hydrogen) atoms. The van der Waals surface area contributed by atoms with Crippen molar-refractivity contribution in [1.82, 2.24) is 21.3 Å². The largest absolute Gasteiger partial charge is 0.480 e. The zero-order valence-corrected chi connectivity index (χ0v) is 33.1. The highest BCUT2D eigenvalue weighted by molar-refractivity contribution is 5.93. The number of unbranched alkanes of at least 4 members (excludes halogenated alkanes) is 11. The number of carbonyl (C=O) groups excluding carboxylic acids is 6. The van der Waals surface area contributed by atoms with E-state index in [9.17, 15) is 43.8 Å². The first kappa shape index (κ1) is 47.8. The van der Waals surface area contributed by atoms with Gasteiger partial charge in [0, 0.05) is 25.7 Å². The van der Waals surface area contributed by atoms with Crippen molar-refractivity contribution in [2.24, 2.45) is 11.5 Å². The molecule has 0 aliphatic rings. The van der Waals surface area contributed by atoms with Crippen LogP contribution in [0.2, 0.25) is 0 Å². The first-order chi connectivity index (χ1) is 27.3. The highest BCUT2D eigenvalue weighted by Crippen LogP contribution is 2.14. The summed E-state index contributed by atoms with van der Waals surface area (Å²) in [5, 5.41) is 29.7. The fourth-order valence-electron chi connectivity index (χ4n) is 6.30. The van der Waals surface area contributed by atoms with E-state index in [0.717, 1.165) is 75.3 Å². The number of hydrogen-bond donors (Lipinski definition) is 8. The van der Waals surface area contributed by atoms with Crippen LogP contribution in [0.4, 0.5) is 0 Å². The number of amides is 6. The lowest BCUT2D eigenvalue weighted by atomic mass is 10.0. The number of aliphatic hydroxyl groups excluding tert-OH is 1. The normalized spacial score (nSPS) is 13.6. The Kier molecular flexibility index (Phi) is 22.9. The molecule has 0 spiro atoms. The third kappa shape index (κ3) is 21.0. The average Bonchev–Trinajstić information content (AvgIpc) is 3.16. The van der Waals surface area contributed by atoms with Gasteiger partial charge in [0.1, 0.15) is 24.2 Å². The first-order valence-electron chi connectivity index (χ1n) is 20.0. The minimum atomic E-state index is -1.24.